The van der Waals surface area contributed by atoms with E-state index in [9.17, 15) is 9.59 Å². The highest BCUT2D eigenvalue weighted by Gasteiger charge is 2.29. The van der Waals surface area contributed by atoms with Crippen LogP contribution in [0.2, 0.25) is 0 Å². The third-order valence-electron chi connectivity index (χ3n) is 3.11. The molecular formula is C16H24N2O2. The number of nitrogens with one attached hydrogen (secondary N) is 1. The van der Waals surface area contributed by atoms with Gasteiger partial charge in [-0.25, -0.2) is 0 Å². The molecular weight excluding hydrogens is 252 g/mol. The van der Waals surface area contributed by atoms with E-state index in [1.54, 1.807) is 4.90 Å². The largest absolute Gasteiger partial charge is 0.347 e. The Morgan fingerprint density at radius 2 is 1.75 bits per heavy atom. The minimum absolute atomic E-state index is 0.345. The summed E-state index contributed by atoms with van der Waals surface area (Å²) in [5.41, 5.74) is 0.797. The molecule has 0 aliphatic heterocycles. The number of carbonyl (C=O) groups is 2. The van der Waals surface area contributed by atoms with Gasteiger partial charge in [-0.1, -0.05) is 30.3 Å². The number of likely N-dealkylation sites (N-methyl/N-ethyl adjacent to an activating group) is 1. The summed E-state index contributed by atoms with van der Waals surface area (Å²) in [6, 6.07) is 9.87. The van der Waals surface area contributed by atoms with E-state index in [1.165, 1.54) is 0 Å². The van der Waals surface area contributed by atoms with Crippen LogP contribution in [0.3, 0.4) is 0 Å². The van der Waals surface area contributed by atoms with E-state index in [0.717, 1.165) is 12.0 Å². The van der Waals surface area contributed by atoms with Gasteiger partial charge in [-0.15, -0.1) is 0 Å². The van der Waals surface area contributed by atoms with Crippen LogP contribution >= 0.6 is 0 Å². The van der Waals surface area contributed by atoms with E-state index in [-0.39, 0.29) is 5.54 Å². The Bertz CT molecular complexity index is 449. The third kappa shape index (κ3) is 4.68. The van der Waals surface area contributed by atoms with E-state index in [2.05, 4.69) is 5.32 Å². The number of benzene rings is 1. The standard InChI is InChI=1S/C16H24N2O2/c1-5-18(16(2,3)4)15(20)14(19)17-12-11-13-9-7-6-8-10-13/h6-10H,5,11-12H2,1-4H3,(H,17,19). The second kappa shape index (κ2) is 7.08. The van der Waals surface area contributed by atoms with Crippen LogP contribution in [0.4, 0.5) is 0 Å². The fourth-order valence-corrected chi connectivity index (χ4v) is 2.09. The molecule has 110 valence electrons. The van der Waals surface area contributed by atoms with Crippen molar-refractivity contribution in [2.75, 3.05) is 13.1 Å². The van der Waals surface area contributed by atoms with Crippen LogP contribution in [-0.4, -0.2) is 35.3 Å². The van der Waals surface area contributed by atoms with Gasteiger partial charge in [-0.05, 0) is 39.7 Å². The van der Waals surface area contributed by atoms with E-state index >= 15 is 0 Å². The highest BCUT2D eigenvalue weighted by atomic mass is 16.2. The van der Waals surface area contributed by atoms with Crippen LogP contribution in [0, 0.1) is 0 Å². The van der Waals surface area contributed by atoms with Crippen molar-refractivity contribution >= 4 is 11.8 Å². The van der Waals surface area contributed by atoms with Crippen molar-refractivity contribution in [3.8, 4) is 0 Å². The predicted molar refractivity (Wildman–Crippen MR) is 80.3 cm³/mol. The third-order valence-corrected chi connectivity index (χ3v) is 3.11. The zero-order valence-corrected chi connectivity index (χ0v) is 12.8. The van der Waals surface area contributed by atoms with Gasteiger partial charge >= 0.3 is 11.8 Å². The molecule has 0 aliphatic rings. The first kappa shape index (κ1) is 16.2. The van der Waals surface area contributed by atoms with Crippen LogP contribution in [0.15, 0.2) is 30.3 Å². The molecule has 1 N–H and O–H groups in total. The number of hydrogen-bond acceptors (Lipinski definition) is 2. The average Bonchev–Trinajstić information content (AvgIpc) is 2.38. The van der Waals surface area contributed by atoms with Crippen molar-refractivity contribution < 1.29 is 9.59 Å². The molecule has 1 aromatic rings. The molecule has 0 radical (unpaired) electrons. The molecule has 0 unspecified atom stereocenters. The van der Waals surface area contributed by atoms with Crippen molar-refractivity contribution in [3.05, 3.63) is 35.9 Å². The maximum atomic E-state index is 12.1. The summed E-state index contributed by atoms with van der Waals surface area (Å²) in [5, 5.41) is 2.69. The zero-order chi connectivity index (χ0) is 15.2. The lowest BCUT2D eigenvalue weighted by Crippen LogP contribution is -2.51. The summed E-state index contributed by atoms with van der Waals surface area (Å²) in [7, 11) is 0. The summed E-state index contributed by atoms with van der Waals surface area (Å²) in [4.78, 5) is 25.5. The number of hydrogen-bond donors (Lipinski definition) is 1. The van der Waals surface area contributed by atoms with Gasteiger partial charge < -0.3 is 10.2 Å². The first-order valence-electron chi connectivity index (χ1n) is 7.00. The molecule has 0 aromatic heterocycles. The summed E-state index contributed by atoms with van der Waals surface area (Å²) in [5.74, 6) is -0.995. The van der Waals surface area contributed by atoms with Crippen LogP contribution in [0.25, 0.3) is 0 Å². The molecule has 20 heavy (non-hydrogen) atoms. The molecule has 0 bridgehead atoms. The average molecular weight is 276 g/mol. The number of rotatable bonds is 4. The highest BCUT2D eigenvalue weighted by molar-refractivity contribution is 6.35. The number of carbonyl (C=O) groups excluding carboxylic acids is 2. The normalized spacial score (nSPS) is 11.0. The van der Waals surface area contributed by atoms with Gasteiger partial charge in [-0.2, -0.15) is 0 Å². The monoisotopic (exact) mass is 276 g/mol. The maximum absolute atomic E-state index is 12.1. The smallest absolute Gasteiger partial charge is 0.312 e. The van der Waals surface area contributed by atoms with Crippen LogP contribution in [0.5, 0.6) is 0 Å². The van der Waals surface area contributed by atoms with Gasteiger partial charge in [0.15, 0.2) is 0 Å². The van der Waals surface area contributed by atoms with Crippen molar-refractivity contribution in [2.24, 2.45) is 0 Å². The Balaban J connectivity index is 2.48. The number of amides is 2. The minimum Gasteiger partial charge on any atom is -0.347 e. The Morgan fingerprint density at radius 3 is 2.25 bits per heavy atom. The quantitative estimate of drug-likeness (QED) is 0.855. The summed E-state index contributed by atoms with van der Waals surface area (Å²) >= 11 is 0. The van der Waals surface area contributed by atoms with Gasteiger partial charge in [0, 0.05) is 18.6 Å². The Kier molecular flexibility index (Phi) is 5.74. The molecule has 0 atom stereocenters. The molecule has 1 aromatic carbocycles. The predicted octanol–water partition coefficient (Wildman–Crippen LogP) is 1.99. The summed E-state index contributed by atoms with van der Waals surface area (Å²) in [6.45, 7) is 8.63. The fourth-order valence-electron chi connectivity index (χ4n) is 2.09. The van der Waals surface area contributed by atoms with Crippen molar-refractivity contribution in [3.63, 3.8) is 0 Å². The lowest BCUT2D eigenvalue weighted by Gasteiger charge is -2.34. The molecule has 2 amide bonds. The van der Waals surface area contributed by atoms with Gasteiger partial charge in [0.25, 0.3) is 0 Å². The van der Waals surface area contributed by atoms with Gasteiger partial charge in [-0.3, -0.25) is 9.59 Å². The SMILES string of the molecule is CCN(C(=O)C(=O)NCCc1ccccc1)C(C)(C)C. The Morgan fingerprint density at radius 1 is 1.15 bits per heavy atom. The van der Waals surface area contributed by atoms with Crippen molar-refractivity contribution in [2.45, 2.75) is 39.7 Å². The minimum atomic E-state index is -0.530. The molecule has 0 spiro atoms. The van der Waals surface area contributed by atoms with Gasteiger partial charge in [0.05, 0.1) is 0 Å². The molecule has 0 aliphatic carbocycles. The molecule has 1 rings (SSSR count). The first-order chi connectivity index (χ1) is 9.36. The topological polar surface area (TPSA) is 49.4 Å². The fraction of sp³-hybridized carbons (Fsp3) is 0.500. The molecule has 0 heterocycles. The Hall–Kier alpha value is -1.84. The van der Waals surface area contributed by atoms with Crippen LogP contribution in [0.1, 0.15) is 33.3 Å². The number of nitrogens with zero attached hydrogens (tertiary/aromatic N) is 1. The first-order valence-corrected chi connectivity index (χ1v) is 7.00. The molecule has 4 heteroatoms. The molecule has 0 saturated heterocycles. The summed E-state index contributed by atoms with van der Waals surface area (Å²) in [6.07, 6.45) is 0.724. The Labute approximate surface area is 121 Å². The van der Waals surface area contributed by atoms with Crippen molar-refractivity contribution in [1.29, 1.82) is 0 Å². The zero-order valence-electron chi connectivity index (χ0n) is 12.8. The van der Waals surface area contributed by atoms with E-state index in [1.807, 2.05) is 58.0 Å². The lowest BCUT2D eigenvalue weighted by molar-refractivity contribution is -0.148. The van der Waals surface area contributed by atoms with E-state index < -0.39 is 11.8 Å². The molecule has 0 saturated carbocycles. The second-order valence-corrected chi connectivity index (χ2v) is 5.71. The lowest BCUT2D eigenvalue weighted by atomic mass is 10.1. The molecule has 0 fully saturated rings. The van der Waals surface area contributed by atoms with Gasteiger partial charge in [0.1, 0.15) is 0 Å². The van der Waals surface area contributed by atoms with Crippen molar-refractivity contribution in [1.82, 2.24) is 10.2 Å². The highest BCUT2D eigenvalue weighted by Crippen LogP contribution is 2.12. The van der Waals surface area contributed by atoms with Crippen LogP contribution < -0.4 is 5.32 Å². The maximum Gasteiger partial charge on any atom is 0.312 e. The van der Waals surface area contributed by atoms with Crippen LogP contribution in [-0.2, 0) is 16.0 Å². The molecule has 4 nitrogen and oxygen atoms in total. The second-order valence-electron chi connectivity index (χ2n) is 5.71. The van der Waals surface area contributed by atoms with E-state index in [4.69, 9.17) is 0 Å². The summed E-state index contributed by atoms with van der Waals surface area (Å²) < 4.78 is 0. The van der Waals surface area contributed by atoms with E-state index in [0.29, 0.717) is 13.1 Å². The van der Waals surface area contributed by atoms with Gasteiger partial charge in [0.2, 0.25) is 0 Å².